The molecular formula is C23H29N3O4. The number of fused-ring (bicyclic) bond motifs is 3. The van der Waals surface area contributed by atoms with Crippen LogP contribution in [0.25, 0.3) is 0 Å². The maximum absolute atomic E-state index is 12.7. The van der Waals surface area contributed by atoms with Gasteiger partial charge in [-0.1, -0.05) is 20.8 Å². The molecule has 7 nitrogen and oxygen atoms in total. The van der Waals surface area contributed by atoms with Crippen molar-refractivity contribution in [2.45, 2.75) is 46.5 Å². The smallest absolute Gasteiger partial charge is 0.271 e. The van der Waals surface area contributed by atoms with Gasteiger partial charge < -0.3 is 4.74 Å². The fourth-order valence-electron chi connectivity index (χ4n) is 5.28. The molecule has 1 N–H and O–H groups in total. The minimum absolute atomic E-state index is 0.00791. The van der Waals surface area contributed by atoms with E-state index in [-0.39, 0.29) is 34.1 Å². The molecule has 1 heterocycles. The highest BCUT2D eigenvalue weighted by atomic mass is 16.5. The summed E-state index contributed by atoms with van der Waals surface area (Å²) < 4.78 is 4.99. The predicted octanol–water partition coefficient (Wildman–Crippen LogP) is 3.25. The SMILES string of the molecule is COCCCN1C(=O)c2ccc(C(=O)N/N=C3/C[C@@H]4CC[C@@]3(C)C4(C)C)cc2C1=O. The summed E-state index contributed by atoms with van der Waals surface area (Å²) in [4.78, 5) is 39.1. The van der Waals surface area contributed by atoms with E-state index in [1.54, 1.807) is 19.2 Å². The van der Waals surface area contributed by atoms with Gasteiger partial charge in [-0.3, -0.25) is 19.3 Å². The Labute approximate surface area is 176 Å². The molecule has 0 spiro atoms. The second-order valence-corrected chi connectivity index (χ2v) is 9.36. The van der Waals surface area contributed by atoms with Crippen molar-refractivity contribution in [1.29, 1.82) is 0 Å². The van der Waals surface area contributed by atoms with E-state index >= 15 is 0 Å². The third-order valence-corrected chi connectivity index (χ3v) is 7.77. The second-order valence-electron chi connectivity index (χ2n) is 9.36. The Kier molecular flexibility index (Phi) is 5.04. The predicted molar refractivity (Wildman–Crippen MR) is 112 cm³/mol. The van der Waals surface area contributed by atoms with E-state index in [9.17, 15) is 14.4 Å². The molecule has 0 unspecified atom stereocenters. The van der Waals surface area contributed by atoms with Crippen LogP contribution in [0.4, 0.5) is 0 Å². The van der Waals surface area contributed by atoms with Gasteiger partial charge in [-0.25, -0.2) is 5.43 Å². The summed E-state index contributed by atoms with van der Waals surface area (Å²) in [6.45, 7) is 7.58. The fourth-order valence-corrected chi connectivity index (χ4v) is 5.28. The maximum atomic E-state index is 12.7. The Morgan fingerprint density at radius 2 is 1.97 bits per heavy atom. The number of imide groups is 1. The molecule has 2 fully saturated rings. The first kappa shape index (κ1) is 20.7. The molecule has 1 aromatic rings. The molecule has 1 aromatic carbocycles. The van der Waals surface area contributed by atoms with Crippen LogP contribution in [0.3, 0.4) is 0 Å². The Morgan fingerprint density at radius 3 is 2.60 bits per heavy atom. The monoisotopic (exact) mass is 411 g/mol. The van der Waals surface area contributed by atoms with Gasteiger partial charge in [0.2, 0.25) is 0 Å². The van der Waals surface area contributed by atoms with Gasteiger partial charge in [0.05, 0.1) is 11.1 Å². The van der Waals surface area contributed by atoms with Gasteiger partial charge in [0.1, 0.15) is 0 Å². The van der Waals surface area contributed by atoms with Crippen LogP contribution in [-0.4, -0.2) is 48.6 Å². The van der Waals surface area contributed by atoms with E-state index in [0.717, 1.165) is 18.6 Å². The highest BCUT2D eigenvalue weighted by Gasteiger charge is 2.60. The number of ether oxygens (including phenoxy) is 1. The van der Waals surface area contributed by atoms with Crippen LogP contribution in [0.1, 0.15) is 77.5 Å². The number of amides is 3. The van der Waals surface area contributed by atoms with Crippen LogP contribution in [0.5, 0.6) is 0 Å². The largest absolute Gasteiger partial charge is 0.385 e. The molecule has 2 atom stereocenters. The van der Waals surface area contributed by atoms with Crippen molar-refractivity contribution in [2.24, 2.45) is 21.8 Å². The number of carbonyl (C=O) groups excluding carboxylic acids is 3. The van der Waals surface area contributed by atoms with E-state index in [4.69, 9.17) is 4.74 Å². The van der Waals surface area contributed by atoms with E-state index in [2.05, 4.69) is 31.3 Å². The molecule has 2 aliphatic carbocycles. The van der Waals surface area contributed by atoms with E-state index < -0.39 is 0 Å². The second kappa shape index (κ2) is 7.30. The number of hydrogen-bond donors (Lipinski definition) is 1. The van der Waals surface area contributed by atoms with Crippen molar-refractivity contribution in [1.82, 2.24) is 10.3 Å². The molecule has 2 bridgehead atoms. The lowest BCUT2D eigenvalue weighted by atomic mass is 9.70. The summed E-state index contributed by atoms with van der Waals surface area (Å²) in [5.74, 6) is -0.455. The average molecular weight is 412 g/mol. The zero-order chi connectivity index (χ0) is 21.7. The van der Waals surface area contributed by atoms with Gasteiger partial charge in [-0.05, 0) is 55.2 Å². The number of methoxy groups -OCH3 is 1. The van der Waals surface area contributed by atoms with Crippen LogP contribution >= 0.6 is 0 Å². The Bertz CT molecular complexity index is 952. The first-order valence-electron chi connectivity index (χ1n) is 10.6. The molecule has 30 heavy (non-hydrogen) atoms. The van der Waals surface area contributed by atoms with Crippen LogP contribution in [0.2, 0.25) is 0 Å². The van der Waals surface area contributed by atoms with Crippen molar-refractivity contribution in [3.63, 3.8) is 0 Å². The summed E-state index contributed by atoms with van der Waals surface area (Å²) in [6.07, 6.45) is 3.78. The molecule has 0 radical (unpaired) electrons. The van der Waals surface area contributed by atoms with Gasteiger partial charge in [0.25, 0.3) is 17.7 Å². The lowest BCUT2D eigenvalue weighted by Gasteiger charge is -2.34. The minimum atomic E-state index is -0.368. The molecule has 160 valence electrons. The maximum Gasteiger partial charge on any atom is 0.271 e. The van der Waals surface area contributed by atoms with E-state index in [1.807, 2.05) is 0 Å². The van der Waals surface area contributed by atoms with Gasteiger partial charge in [-0.15, -0.1) is 0 Å². The minimum Gasteiger partial charge on any atom is -0.385 e. The van der Waals surface area contributed by atoms with Crippen molar-refractivity contribution >= 4 is 23.4 Å². The van der Waals surface area contributed by atoms with E-state index in [0.29, 0.717) is 36.6 Å². The van der Waals surface area contributed by atoms with Crippen molar-refractivity contribution in [2.75, 3.05) is 20.3 Å². The Hall–Kier alpha value is -2.54. The third kappa shape index (κ3) is 2.98. The quantitative estimate of drug-likeness (QED) is 0.442. The lowest BCUT2D eigenvalue weighted by molar-refractivity contribution is 0.0638. The van der Waals surface area contributed by atoms with Gasteiger partial charge >= 0.3 is 0 Å². The summed E-state index contributed by atoms with van der Waals surface area (Å²) in [5.41, 5.74) is 4.85. The van der Waals surface area contributed by atoms with Crippen LogP contribution in [-0.2, 0) is 4.74 Å². The molecule has 2 saturated carbocycles. The molecule has 3 aliphatic rings. The summed E-state index contributed by atoms with van der Waals surface area (Å²) >= 11 is 0. The fraction of sp³-hybridized carbons (Fsp3) is 0.565. The Balaban J connectivity index is 1.49. The summed E-state index contributed by atoms with van der Waals surface area (Å²) in [5, 5.41) is 4.48. The molecule has 1 aliphatic heterocycles. The first-order chi connectivity index (χ1) is 14.2. The van der Waals surface area contributed by atoms with Crippen LogP contribution in [0, 0.1) is 16.7 Å². The number of hydrogen-bond acceptors (Lipinski definition) is 5. The molecule has 7 heteroatoms. The Morgan fingerprint density at radius 1 is 1.23 bits per heavy atom. The number of nitrogens with zero attached hydrogens (tertiary/aromatic N) is 2. The molecule has 0 aromatic heterocycles. The van der Waals surface area contributed by atoms with Crippen molar-refractivity contribution in [3.8, 4) is 0 Å². The molecule has 3 amide bonds. The summed E-state index contributed by atoms with van der Waals surface area (Å²) in [6, 6.07) is 4.62. The van der Waals surface area contributed by atoms with Gasteiger partial charge in [0.15, 0.2) is 0 Å². The normalized spacial score (nSPS) is 27.8. The summed E-state index contributed by atoms with van der Waals surface area (Å²) in [7, 11) is 1.58. The number of rotatable bonds is 6. The molecular weight excluding hydrogens is 382 g/mol. The molecule has 0 saturated heterocycles. The van der Waals surface area contributed by atoms with E-state index in [1.165, 1.54) is 17.4 Å². The first-order valence-corrected chi connectivity index (χ1v) is 10.6. The number of nitrogens with one attached hydrogen (secondary N) is 1. The van der Waals surface area contributed by atoms with Crippen LogP contribution < -0.4 is 5.43 Å². The third-order valence-electron chi connectivity index (χ3n) is 7.77. The zero-order valence-electron chi connectivity index (χ0n) is 18.1. The topological polar surface area (TPSA) is 88.1 Å². The highest BCUT2D eigenvalue weighted by molar-refractivity contribution is 6.22. The zero-order valence-corrected chi connectivity index (χ0v) is 18.1. The number of hydrazone groups is 1. The van der Waals surface area contributed by atoms with Crippen LogP contribution in [0.15, 0.2) is 23.3 Å². The standard InChI is InChI=1S/C23H29N3O4/c1-22(2)15-8-9-23(22,3)18(13-15)24-25-19(27)14-6-7-16-17(12-14)21(29)26(20(16)28)10-5-11-30-4/h6-7,12,15H,5,8-11,13H2,1-4H3,(H,25,27)/b24-18-/t15-,23+/m0/s1. The number of carbonyl (C=O) groups is 3. The highest BCUT2D eigenvalue weighted by Crippen LogP contribution is 2.63. The average Bonchev–Trinajstić information content (AvgIpc) is 3.18. The lowest BCUT2D eigenvalue weighted by Crippen LogP contribution is -2.34. The van der Waals surface area contributed by atoms with Crippen molar-refractivity contribution < 1.29 is 19.1 Å². The molecule has 4 rings (SSSR count). The van der Waals surface area contributed by atoms with Crippen molar-refractivity contribution in [3.05, 3.63) is 34.9 Å². The van der Waals surface area contributed by atoms with Gasteiger partial charge in [0, 0.05) is 37.0 Å². The number of benzene rings is 1. The van der Waals surface area contributed by atoms with Gasteiger partial charge in [-0.2, -0.15) is 5.10 Å².